The number of nitrogens with zero attached hydrogens (tertiary/aromatic N) is 2. The molecule has 1 fully saturated rings. The van der Waals surface area contributed by atoms with Gasteiger partial charge in [0.2, 0.25) is 0 Å². The summed E-state index contributed by atoms with van der Waals surface area (Å²) in [5.74, 6) is 0. The number of hydrogen-bond acceptors (Lipinski definition) is 5. The summed E-state index contributed by atoms with van der Waals surface area (Å²) in [6.45, 7) is 3.50. The van der Waals surface area contributed by atoms with Crippen LogP contribution in [0.15, 0.2) is 18.2 Å². The molecule has 0 N–H and O–H groups in total. The molecule has 0 radical (unpaired) electrons. The van der Waals surface area contributed by atoms with Crippen molar-refractivity contribution in [3.8, 4) is 0 Å². The number of hydrogen-bond donors (Lipinski definition) is 0. The smallest absolute Gasteiger partial charge is 0.269 e. The fourth-order valence-corrected chi connectivity index (χ4v) is 3.54. The maximum Gasteiger partial charge on any atom is 0.269 e. The van der Waals surface area contributed by atoms with Crippen molar-refractivity contribution in [1.82, 2.24) is 4.90 Å². The van der Waals surface area contributed by atoms with E-state index in [4.69, 9.17) is 9.47 Å². The minimum absolute atomic E-state index is 0.0547. The largest absolute Gasteiger partial charge is 0.379 e. The van der Waals surface area contributed by atoms with E-state index in [1.165, 1.54) is 5.56 Å². The predicted octanol–water partition coefficient (Wildman–Crippen LogP) is 2.32. The first-order chi connectivity index (χ1) is 10.7. The van der Waals surface area contributed by atoms with Gasteiger partial charge in [-0.1, -0.05) is 6.07 Å². The van der Waals surface area contributed by atoms with E-state index in [1.807, 2.05) is 6.07 Å². The third-order valence-corrected chi connectivity index (χ3v) is 4.75. The normalized spacial score (nSPS) is 26.2. The van der Waals surface area contributed by atoms with E-state index in [1.54, 1.807) is 19.2 Å². The van der Waals surface area contributed by atoms with Gasteiger partial charge in [0, 0.05) is 38.4 Å². The summed E-state index contributed by atoms with van der Waals surface area (Å²) in [4.78, 5) is 13.2. The zero-order valence-electron chi connectivity index (χ0n) is 12.9. The number of ether oxygens (including phenoxy) is 2. The predicted molar refractivity (Wildman–Crippen MR) is 82.0 cm³/mol. The molecule has 6 nitrogen and oxygen atoms in total. The average molecular weight is 306 g/mol. The van der Waals surface area contributed by atoms with Crippen molar-refractivity contribution in [2.75, 3.05) is 33.4 Å². The van der Waals surface area contributed by atoms with Crippen molar-refractivity contribution >= 4 is 5.69 Å². The van der Waals surface area contributed by atoms with E-state index in [2.05, 4.69) is 4.90 Å². The summed E-state index contributed by atoms with van der Waals surface area (Å²) in [5.41, 5.74) is 2.30. The van der Waals surface area contributed by atoms with Crippen LogP contribution in [0, 0.1) is 10.1 Å². The quantitative estimate of drug-likeness (QED) is 0.487. The molecule has 1 saturated heterocycles. The Morgan fingerprint density at radius 1 is 1.32 bits per heavy atom. The van der Waals surface area contributed by atoms with E-state index >= 15 is 0 Å². The lowest BCUT2D eigenvalue weighted by Crippen LogP contribution is -2.44. The van der Waals surface area contributed by atoms with Gasteiger partial charge in [0.25, 0.3) is 5.69 Å². The summed E-state index contributed by atoms with van der Waals surface area (Å²) in [6.07, 6.45) is 2.81. The van der Waals surface area contributed by atoms with E-state index in [0.717, 1.165) is 51.1 Å². The van der Waals surface area contributed by atoms with Crippen molar-refractivity contribution in [3.63, 3.8) is 0 Å². The van der Waals surface area contributed by atoms with Crippen molar-refractivity contribution < 1.29 is 14.4 Å². The average Bonchev–Trinajstić information content (AvgIpc) is 2.74. The lowest BCUT2D eigenvalue weighted by atomic mass is 9.99. The Balaban J connectivity index is 1.87. The number of fused-ring (bicyclic) bond motifs is 1. The first-order valence-corrected chi connectivity index (χ1v) is 7.81. The van der Waals surface area contributed by atoms with Gasteiger partial charge in [-0.25, -0.2) is 0 Å². The van der Waals surface area contributed by atoms with Crippen LogP contribution in [0.5, 0.6) is 0 Å². The van der Waals surface area contributed by atoms with Crippen LogP contribution in [0.2, 0.25) is 0 Å². The molecule has 1 aliphatic carbocycles. The Bertz CT molecular complexity index is 543. The van der Waals surface area contributed by atoms with Gasteiger partial charge in [0.15, 0.2) is 0 Å². The maximum absolute atomic E-state index is 11.0. The highest BCUT2D eigenvalue weighted by Gasteiger charge is 2.29. The molecule has 0 saturated carbocycles. The van der Waals surface area contributed by atoms with Crippen molar-refractivity contribution in [2.24, 2.45) is 0 Å². The van der Waals surface area contributed by atoms with Crippen molar-refractivity contribution in [2.45, 2.75) is 31.4 Å². The molecule has 1 heterocycles. The van der Waals surface area contributed by atoms with Gasteiger partial charge < -0.3 is 9.47 Å². The molecule has 2 aliphatic rings. The fraction of sp³-hybridized carbons (Fsp3) is 0.625. The molecule has 3 rings (SSSR count). The zero-order valence-corrected chi connectivity index (χ0v) is 12.9. The van der Waals surface area contributed by atoms with E-state index in [-0.39, 0.29) is 16.7 Å². The zero-order chi connectivity index (χ0) is 15.5. The van der Waals surface area contributed by atoms with Crippen LogP contribution in [0.3, 0.4) is 0 Å². The number of nitro benzene ring substituents is 1. The molecule has 6 heteroatoms. The number of benzene rings is 1. The highest BCUT2D eigenvalue weighted by atomic mass is 16.6. The monoisotopic (exact) mass is 306 g/mol. The second-order valence-electron chi connectivity index (χ2n) is 5.95. The Hall–Kier alpha value is -1.50. The van der Waals surface area contributed by atoms with Crippen LogP contribution in [-0.2, 0) is 15.9 Å². The number of nitro groups is 1. The Kier molecular flexibility index (Phi) is 4.71. The molecular formula is C16H22N2O4. The number of rotatable bonds is 3. The van der Waals surface area contributed by atoms with E-state index in [9.17, 15) is 10.1 Å². The Labute approximate surface area is 130 Å². The van der Waals surface area contributed by atoms with Gasteiger partial charge in [-0.15, -0.1) is 0 Å². The van der Waals surface area contributed by atoms with Gasteiger partial charge in [-0.3, -0.25) is 15.0 Å². The fourth-order valence-electron chi connectivity index (χ4n) is 3.54. The first kappa shape index (κ1) is 15.4. The summed E-state index contributed by atoms with van der Waals surface area (Å²) in [6, 6.07) is 5.65. The van der Waals surface area contributed by atoms with Crippen LogP contribution in [-0.4, -0.2) is 49.3 Å². The molecule has 1 aromatic carbocycles. The number of methoxy groups -OCH3 is 1. The molecule has 1 aliphatic heterocycles. The molecule has 2 unspecified atom stereocenters. The van der Waals surface area contributed by atoms with Crippen LogP contribution < -0.4 is 0 Å². The van der Waals surface area contributed by atoms with Gasteiger partial charge in [-0.05, 0) is 30.4 Å². The van der Waals surface area contributed by atoms with Crippen LogP contribution in [0.4, 0.5) is 5.69 Å². The van der Waals surface area contributed by atoms with Gasteiger partial charge in [-0.2, -0.15) is 0 Å². The molecule has 1 aromatic rings. The van der Waals surface area contributed by atoms with Crippen molar-refractivity contribution in [3.05, 3.63) is 39.4 Å². The minimum atomic E-state index is -0.336. The second kappa shape index (κ2) is 6.73. The van der Waals surface area contributed by atoms with Crippen LogP contribution in [0.25, 0.3) is 0 Å². The molecule has 0 bridgehead atoms. The first-order valence-electron chi connectivity index (χ1n) is 7.81. The Morgan fingerprint density at radius 3 is 2.77 bits per heavy atom. The van der Waals surface area contributed by atoms with Gasteiger partial charge >= 0.3 is 0 Å². The molecule has 22 heavy (non-hydrogen) atoms. The lowest BCUT2D eigenvalue weighted by molar-refractivity contribution is -0.385. The van der Waals surface area contributed by atoms with Gasteiger partial charge in [0.1, 0.15) is 0 Å². The summed E-state index contributed by atoms with van der Waals surface area (Å²) >= 11 is 0. The summed E-state index contributed by atoms with van der Waals surface area (Å²) in [5, 5.41) is 11.0. The summed E-state index contributed by atoms with van der Waals surface area (Å²) in [7, 11) is 1.68. The lowest BCUT2D eigenvalue weighted by Gasteiger charge is -2.34. The molecule has 0 amide bonds. The standard InChI is InChI=1S/C16H22N2O4/c1-21-16-5-4-13(17-6-8-22-9-7-17)10-12-2-3-14(18(19)20)11-15(12)16/h2-3,11,13,16H,4-10H2,1H3. The minimum Gasteiger partial charge on any atom is -0.379 e. The van der Waals surface area contributed by atoms with Crippen LogP contribution >= 0.6 is 0 Å². The third kappa shape index (κ3) is 3.14. The molecule has 0 spiro atoms. The van der Waals surface area contributed by atoms with E-state index < -0.39 is 0 Å². The molecule has 120 valence electrons. The molecular weight excluding hydrogens is 284 g/mol. The number of non-ortho nitro benzene ring substituents is 1. The number of morpholine rings is 1. The topological polar surface area (TPSA) is 64.8 Å². The molecule has 2 atom stereocenters. The SMILES string of the molecule is COC1CCC(N2CCOCC2)Cc2ccc([N+](=O)[O-])cc21. The maximum atomic E-state index is 11.0. The van der Waals surface area contributed by atoms with Gasteiger partial charge in [0.05, 0.1) is 24.2 Å². The Morgan fingerprint density at radius 2 is 2.09 bits per heavy atom. The summed E-state index contributed by atoms with van der Waals surface area (Å²) < 4.78 is 11.0. The van der Waals surface area contributed by atoms with Crippen LogP contribution in [0.1, 0.15) is 30.1 Å². The molecule has 0 aromatic heterocycles. The van der Waals surface area contributed by atoms with Crippen molar-refractivity contribution in [1.29, 1.82) is 0 Å². The highest BCUT2D eigenvalue weighted by Crippen LogP contribution is 2.35. The highest BCUT2D eigenvalue weighted by molar-refractivity contribution is 5.42. The third-order valence-electron chi connectivity index (χ3n) is 4.75. The second-order valence-corrected chi connectivity index (χ2v) is 5.95. The van der Waals surface area contributed by atoms with E-state index in [0.29, 0.717) is 6.04 Å².